The van der Waals surface area contributed by atoms with Crippen molar-refractivity contribution in [2.24, 2.45) is 12.0 Å². The Morgan fingerprint density at radius 1 is 1.26 bits per heavy atom. The van der Waals surface area contributed by atoms with Gasteiger partial charge in [0.15, 0.2) is 5.96 Å². The van der Waals surface area contributed by atoms with E-state index in [0.29, 0.717) is 13.1 Å². The average molecular weight is 486 g/mol. The number of hydrogen-bond donors (Lipinski definition) is 2. The van der Waals surface area contributed by atoms with Gasteiger partial charge in [0.2, 0.25) is 0 Å². The molecule has 8 heteroatoms. The number of rotatable bonds is 8. The lowest BCUT2D eigenvalue weighted by Crippen LogP contribution is -2.41. The molecule has 1 heterocycles. The summed E-state index contributed by atoms with van der Waals surface area (Å²) in [5, 5.41) is 10.9. The Labute approximate surface area is 179 Å². The van der Waals surface area contributed by atoms with Gasteiger partial charge in [0.05, 0.1) is 25.4 Å². The molecule has 1 atom stereocenters. The zero-order chi connectivity index (χ0) is 18.9. The second-order valence-electron chi connectivity index (χ2n) is 6.24. The van der Waals surface area contributed by atoms with E-state index in [1.165, 1.54) is 0 Å². The van der Waals surface area contributed by atoms with E-state index in [1.807, 2.05) is 36.0 Å². The Hall–Kier alpha value is -1.81. The number of hydrogen-bond acceptors (Lipinski definition) is 4. The molecule has 0 amide bonds. The van der Waals surface area contributed by atoms with E-state index in [1.54, 1.807) is 13.3 Å². The van der Waals surface area contributed by atoms with Gasteiger partial charge in [-0.2, -0.15) is 5.10 Å². The van der Waals surface area contributed by atoms with Gasteiger partial charge in [-0.05, 0) is 33.2 Å². The standard InChI is InChI=1S/C19H30N6O.HI/c1-6-20-19(21-13-15-11-12-23-25(15)4)22-14-17(24(2)3)16-9-7-8-10-18(16)26-5;/h7-12,17H,6,13-14H2,1-5H3,(H2,20,21,22);1H. The van der Waals surface area contributed by atoms with Gasteiger partial charge in [-0.15, -0.1) is 24.0 Å². The fourth-order valence-electron chi connectivity index (χ4n) is 2.76. The molecular formula is C19H31IN6O. The SMILES string of the molecule is CCNC(=NCc1ccnn1C)NCC(c1ccccc1OC)N(C)C.I. The molecule has 0 saturated heterocycles. The molecule has 1 unspecified atom stereocenters. The maximum atomic E-state index is 5.53. The summed E-state index contributed by atoms with van der Waals surface area (Å²) in [6.45, 7) is 4.15. The number of aryl methyl sites for hydroxylation is 1. The number of para-hydroxylation sites is 1. The first-order chi connectivity index (χ1) is 12.6. The van der Waals surface area contributed by atoms with E-state index >= 15 is 0 Å². The van der Waals surface area contributed by atoms with E-state index in [-0.39, 0.29) is 30.0 Å². The molecule has 0 saturated carbocycles. The molecule has 0 aliphatic heterocycles. The fourth-order valence-corrected chi connectivity index (χ4v) is 2.76. The number of methoxy groups -OCH3 is 1. The van der Waals surface area contributed by atoms with E-state index in [2.05, 4.69) is 52.7 Å². The molecule has 1 aromatic heterocycles. The Morgan fingerprint density at radius 3 is 2.59 bits per heavy atom. The van der Waals surface area contributed by atoms with Gasteiger partial charge < -0.3 is 20.3 Å². The van der Waals surface area contributed by atoms with Crippen molar-refractivity contribution in [3.8, 4) is 5.75 Å². The van der Waals surface area contributed by atoms with Crippen LogP contribution in [0.1, 0.15) is 24.2 Å². The minimum atomic E-state index is 0. The second kappa shape index (κ2) is 11.8. The first-order valence-corrected chi connectivity index (χ1v) is 8.85. The highest BCUT2D eigenvalue weighted by Crippen LogP contribution is 2.27. The van der Waals surface area contributed by atoms with Crippen molar-refractivity contribution in [3.05, 3.63) is 47.8 Å². The zero-order valence-corrected chi connectivity index (χ0v) is 19.1. The van der Waals surface area contributed by atoms with Crippen molar-refractivity contribution >= 4 is 29.9 Å². The quantitative estimate of drug-likeness (QED) is 0.341. The number of nitrogens with one attached hydrogen (secondary N) is 2. The summed E-state index contributed by atoms with van der Waals surface area (Å²) in [5.74, 6) is 1.68. The average Bonchev–Trinajstić information content (AvgIpc) is 3.04. The van der Waals surface area contributed by atoms with E-state index in [0.717, 1.165) is 29.5 Å². The summed E-state index contributed by atoms with van der Waals surface area (Å²) in [7, 11) is 7.77. The molecule has 150 valence electrons. The van der Waals surface area contributed by atoms with E-state index < -0.39 is 0 Å². The fraction of sp³-hybridized carbons (Fsp3) is 0.474. The van der Waals surface area contributed by atoms with Gasteiger partial charge in [-0.25, -0.2) is 4.99 Å². The van der Waals surface area contributed by atoms with Crippen molar-refractivity contribution < 1.29 is 4.74 Å². The molecule has 2 rings (SSSR count). The second-order valence-corrected chi connectivity index (χ2v) is 6.24. The Morgan fingerprint density at radius 2 is 2.00 bits per heavy atom. The summed E-state index contributed by atoms with van der Waals surface area (Å²) in [5.41, 5.74) is 2.21. The molecule has 27 heavy (non-hydrogen) atoms. The topological polar surface area (TPSA) is 66.7 Å². The van der Waals surface area contributed by atoms with Gasteiger partial charge in [0, 0.05) is 31.9 Å². The highest BCUT2D eigenvalue weighted by atomic mass is 127. The van der Waals surface area contributed by atoms with Gasteiger partial charge in [0.1, 0.15) is 5.75 Å². The van der Waals surface area contributed by atoms with Crippen LogP contribution in [0.3, 0.4) is 0 Å². The number of aromatic nitrogens is 2. The van der Waals surface area contributed by atoms with E-state index in [9.17, 15) is 0 Å². The van der Waals surface area contributed by atoms with Gasteiger partial charge in [-0.3, -0.25) is 4.68 Å². The molecule has 1 aromatic carbocycles. The van der Waals surface area contributed by atoms with Crippen LogP contribution in [0.2, 0.25) is 0 Å². The van der Waals surface area contributed by atoms with Crippen molar-refractivity contribution in [2.45, 2.75) is 19.5 Å². The van der Waals surface area contributed by atoms with E-state index in [4.69, 9.17) is 4.74 Å². The number of benzene rings is 1. The number of guanidine groups is 1. The number of halogens is 1. The highest BCUT2D eigenvalue weighted by molar-refractivity contribution is 14.0. The van der Waals surface area contributed by atoms with Crippen molar-refractivity contribution in [2.75, 3.05) is 34.3 Å². The van der Waals surface area contributed by atoms with Crippen LogP contribution in [0, 0.1) is 0 Å². The number of aliphatic imine (C=N–C) groups is 1. The minimum absolute atomic E-state index is 0. The minimum Gasteiger partial charge on any atom is -0.496 e. The smallest absolute Gasteiger partial charge is 0.191 e. The van der Waals surface area contributed by atoms with Gasteiger partial charge in [0.25, 0.3) is 0 Å². The van der Waals surface area contributed by atoms with Crippen LogP contribution in [0.15, 0.2) is 41.5 Å². The molecule has 7 nitrogen and oxygen atoms in total. The largest absolute Gasteiger partial charge is 0.496 e. The Bertz CT molecular complexity index is 716. The summed E-state index contributed by atoms with van der Waals surface area (Å²) < 4.78 is 7.37. The number of likely N-dealkylation sites (N-methyl/N-ethyl adjacent to an activating group) is 1. The molecule has 2 aromatic rings. The van der Waals surface area contributed by atoms with Crippen LogP contribution in [0.25, 0.3) is 0 Å². The van der Waals surface area contributed by atoms with Crippen molar-refractivity contribution in [3.63, 3.8) is 0 Å². The van der Waals surface area contributed by atoms with Crippen LogP contribution in [-0.2, 0) is 13.6 Å². The summed E-state index contributed by atoms with van der Waals surface area (Å²) in [6.07, 6.45) is 1.79. The Balaban J connectivity index is 0.00000364. The monoisotopic (exact) mass is 486 g/mol. The maximum Gasteiger partial charge on any atom is 0.191 e. The van der Waals surface area contributed by atoms with Crippen molar-refractivity contribution in [1.29, 1.82) is 0 Å². The molecule has 0 radical (unpaired) electrons. The van der Waals surface area contributed by atoms with Crippen molar-refractivity contribution in [1.82, 2.24) is 25.3 Å². The zero-order valence-electron chi connectivity index (χ0n) is 16.8. The summed E-state index contributed by atoms with van der Waals surface area (Å²) in [4.78, 5) is 6.84. The first kappa shape index (κ1) is 23.2. The molecule has 0 bridgehead atoms. The first-order valence-electron chi connectivity index (χ1n) is 8.85. The Kier molecular flexibility index (Phi) is 10.2. The highest BCUT2D eigenvalue weighted by Gasteiger charge is 2.18. The molecule has 2 N–H and O–H groups in total. The van der Waals surface area contributed by atoms with Crippen LogP contribution in [-0.4, -0.2) is 54.9 Å². The molecule has 0 aliphatic carbocycles. The third-order valence-corrected chi connectivity index (χ3v) is 4.25. The van der Waals surface area contributed by atoms with Crippen LogP contribution >= 0.6 is 24.0 Å². The maximum absolute atomic E-state index is 5.53. The third-order valence-electron chi connectivity index (χ3n) is 4.25. The summed E-state index contributed by atoms with van der Waals surface area (Å²) >= 11 is 0. The van der Waals surface area contributed by atoms with Crippen LogP contribution < -0.4 is 15.4 Å². The molecule has 0 fully saturated rings. The van der Waals surface area contributed by atoms with Crippen LogP contribution in [0.4, 0.5) is 0 Å². The lowest BCUT2D eigenvalue weighted by atomic mass is 10.0. The van der Waals surface area contributed by atoms with Gasteiger partial charge >= 0.3 is 0 Å². The lowest BCUT2D eigenvalue weighted by Gasteiger charge is -2.27. The molecular weight excluding hydrogens is 455 g/mol. The van der Waals surface area contributed by atoms with Crippen LogP contribution in [0.5, 0.6) is 5.75 Å². The normalized spacial score (nSPS) is 12.4. The molecule has 0 aliphatic rings. The summed E-state index contributed by atoms with van der Waals surface area (Å²) in [6, 6.07) is 10.3. The predicted octanol–water partition coefficient (Wildman–Crippen LogP) is 2.40. The number of nitrogens with zero attached hydrogens (tertiary/aromatic N) is 4. The predicted molar refractivity (Wildman–Crippen MR) is 121 cm³/mol. The van der Waals surface area contributed by atoms with Gasteiger partial charge in [-0.1, -0.05) is 18.2 Å². The third kappa shape index (κ3) is 6.69. The molecule has 0 spiro atoms. The number of ether oxygens (including phenoxy) is 1. The lowest BCUT2D eigenvalue weighted by molar-refractivity contribution is 0.287.